The molecule has 1 N–H and O–H groups in total. The zero-order valence-electron chi connectivity index (χ0n) is 13.9. The van der Waals surface area contributed by atoms with E-state index < -0.39 is 18.5 Å². The summed E-state index contributed by atoms with van der Waals surface area (Å²) in [7, 11) is 0. The van der Waals surface area contributed by atoms with Crippen LogP contribution in [0.15, 0.2) is 23.1 Å². The number of esters is 1. The summed E-state index contributed by atoms with van der Waals surface area (Å²) in [6.07, 6.45) is 4.72. The molecule has 0 aliphatic heterocycles. The highest BCUT2D eigenvalue weighted by Gasteiger charge is 2.23. The minimum Gasteiger partial charge on any atom is -0.452 e. The zero-order valence-corrected chi connectivity index (χ0v) is 16.3. The Labute approximate surface area is 164 Å². The molecule has 0 spiro atoms. The van der Waals surface area contributed by atoms with E-state index in [1.807, 2.05) is 6.26 Å². The summed E-state index contributed by atoms with van der Waals surface area (Å²) in [5, 5.41) is 12.8. The maximum atomic E-state index is 12.2. The van der Waals surface area contributed by atoms with Crippen LogP contribution in [-0.4, -0.2) is 24.7 Å². The Balaban J connectivity index is 1.63. The Morgan fingerprint density at radius 3 is 2.96 bits per heavy atom. The van der Waals surface area contributed by atoms with E-state index in [0.717, 1.165) is 34.6 Å². The van der Waals surface area contributed by atoms with Gasteiger partial charge in [0.15, 0.2) is 6.61 Å². The minimum atomic E-state index is -0.657. The maximum Gasteiger partial charge on any atom is 0.340 e. The van der Waals surface area contributed by atoms with Gasteiger partial charge in [0.1, 0.15) is 11.1 Å². The molecule has 1 aromatic heterocycles. The third-order valence-corrected chi connectivity index (χ3v) is 6.28. The molecule has 1 heterocycles. The number of nitriles is 1. The van der Waals surface area contributed by atoms with Crippen LogP contribution in [0.3, 0.4) is 0 Å². The van der Waals surface area contributed by atoms with Gasteiger partial charge in [-0.2, -0.15) is 5.26 Å². The van der Waals surface area contributed by atoms with E-state index in [2.05, 4.69) is 11.4 Å². The highest BCUT2D eigenvalue weighted by atomic mass is 35.5. The van der Waals surface area contributed by atoms with Crippen LogP contribution in [0, 0.1) is 11.3 Å². The van der Waals surface area contributed by atoms with Crippen molar-refractivity contribution in [2.24, 2.45) is 0 Å². The van der Waals surface area contributed by atoms with E-state index in [0.29, 0.717) is 10.6 Å². The number of fused-ring (bicyclic) bond motifs is 1. The van der Waals surface area contributed by atoms with Gasteiger partial charge in [0, 0.05) is 9.77 Å². The number of rotatable bonds is 5. The number of benzene rings is 1. The number of hydrogen-bond donors (Lipinski definition) is 1. The first-order valence-corrected chi connectivity index (χ1v) is 10.3. The number of halogens is 1. The molecular weight excluding hydrogens is 392 g/mol. The Kier molecular flexibility index (Phi) is 5.87. The van der Waals surface area contributed by atoms with Gasteiger partial charge in [-0.05, 0) is 49.3 Å². The number of carbonyl (C=O) groups excluding carboxylic acids is 2. The van der Waals surface area contributed by atoms with Crippen molar-refractivity contribution in [1.29, 1.82) is 5.26 Å². The van der Waals surface area contributed by atoms with Gasteiger partial charge in [-0.25, -0.2) is 4.79 Å². The Morgan fingerprint density at radius 2 is 2.23 bits per heavy atom. The molecule has 0 saturated carbocycles. The second kappa shape index (κ2) is 8.12. The van der Waals surface area contributed by atoms with E-state index in [-0.39, 0.29) is 10.6 Å². The first kappa shape index (κ1) is 18.8. The fraction of sp³-hybridized carbons (Fsp3) is 0.278. The molecule has 1 aromatic carbocycles. The summed E-state index contributed by atoms with van der Waals surface area (Å²) in [6, 6.07) is 7.21. The van der Waals surface area contributed by atoms with E-state index >= 15 is 0 Å². The number of thiophene rings is 1. The molecule has 26 heavy (non-hydrogen) atoms. The first-order valence-electron chi connectivity index (χ1n) is 7.88. The number of nitrogens with zero attached hydrogens (tertiary/aromatic N) is 1. The highest BCUT2D eigenvalue weighted by Crippen LogP contribution is 2.38. The molecule has 0 unspecified atom stereocenters. The third kappa shape index (κ3) is 3.88. The van der Waals surface area contributed by atoms with Gasteiger partial charge in [-0.1, -0.05) is 11.6 Å². The van der Waals surface area contributed by atoms with Crippen LogP contribution < -0.4 is 5.32 Å². The number of amides is 1. The molecule has 2 aromatic rings. The van der Waals surface area contributed by atoms with Crippen LogP contribution in [0.4, 0.5) is 5.00 Å². The van der Waals surface area contributed by atoms with Crippen molar-refractivity contribution < 1.29 is 14.3 Å². The number of anilines is 1. The van der Waals surface area contributed by atoms with Crippen molar-refractivity contribution >= 4 is 51.6 Å². The average Bonchev–Trinajstić information content (AvgIpc) is 3.20. The lowest BCUT2D eigenvalue weighted by Gasteiger charge is -2.08. The number of nitrogens with one attached hydrogen (secondary N) is 1. The van der Waals surface area contributed by atoms with Gasteiger partial charge in [0.05, 0.1) is 16.1 Å². The standard InChI is InChI=1S/C18H15ClN2O3S2/c1-25-10-5-6-14(19)12(7-10)18(23)24-9-16(22)21-17-13(8-20)11-3-2-4-15(11)26-17/h5-7H,2-4,9H2,1H3,(H,21,22). The van der Waals surface area contributed by atoms with E-state index in [4.69, 9.17) is 16.3 Å². The lowest BCUT2D eigenvalue weighted by atomic mass is 10.1. The second-order valence-electron chi connectivity index (χ2n) is 5.64. The molecule has 8 heteroatoms. The van der Waals surface area contributed by atoms with Crippen molar-refractivity contribution in [3.8, 4) is 6.07 Å². The highest BCUT2D eigenvalue weighted by molar-refractivity contribution is 7.98. The number of aryl methyl sites for hydroxylation is 1. The van der Waals surface area contributed by atoms with Crippen LogP contribution in [0.2, 0.25) is 5.02 Å². The van der Waals surface area contributed by atoms with Gasteiger partial charge >= 0.3 is 5.97 Å². The van der Waals surface area contributed by atoms with Crippen LogP contribution >= 0.6 is 34.7 Å². The normalized spacial score (nSPS) is 12.3. The third-order valence-electron chi connectivity index (χ3n) is 4.01. The topological polar surface area (TPSA) is 79.2 Å². The molecule has 5 nitrogen and oxygen atoms in total. The van der Waals surface area contributed by atoms with Gasteiger partial charge in [0.2, 0.25) is 0 Å². The Bertz CT molecular complexity index is 918. The molecule has 1 amide bonds. The smallest absolute Gasteiger partial charge is 0.340 e. The monoisotopic (exact) mass is 406 g/mol. The number of thioether (sulfide) groups is 1. The van der Waals surface area contributed by atoms with E-state index in [1.54, 1.807) is 18.2 Å². The zero-order chi connectivity index (χ0) is 18.7. The van der Waals surface area contributed by atoms with Crippen LogP contribution in [0.25, 0.3) is 0 Å². The van der Waals surface area contributed by atoms with Gasteiger partial charge in [0.25, 0.3) is 5.91 Å². The molecule has 0 bridgehead atoms. The lowest BCUT2D eigenvalue weighted by molar-refractivity contribution is -0.119. The number of carbonyl (C=O) groups is 2. The van der Waals surface area contributed by atoms with Crippen LogP contribution in [0.1, 0.15) is 32.8 Å². The molecular formula is C18H15ClN2O3S2. The fourth-order valence-electron chi connectivity index (χ4n) is 2.77. The van der Waals surface area contributed by atoms with Crippen molar-refractivity contribution in [2.75, 3.05) is 18.2 Å². The predicted octanol–water partition coefficient (Wildman–Crippen LogP) is 4.28. The summed E-state index contributed by atoms with van der Waals surface area (Å²) in [5.74, 6) is -1.14. The molecule has 0 fully saturated rings. The molecule has 1 aliphatic carbocycles. The van der Waals surface area contributed by atoms with Gasteiger partial charge < -0.3 is 10.1 Å². The van der Waals surface area contributed by atoms with Crippen molar-refractivity contribution in [2.45, 2.75) is 24.2 Å². The molecule has 0 saturated heterocycles. The van der Waals surface area contributed by atoms with Gasteiger partial charge in [-0.15, -0.1) is 23.1 Å². The summed E-state index contributed by atoms with van der Waals surface area (Å²) < 4.78 is 5.07. The maximum absolute atomic E-state index is 12.2. The van der Waals surface area contributed by atoms with E-state index in [1.165, 1.54) is 23.1 Å². The summed E-state index contributed by atoms with van der Waals surface area (Å²) >= 11 is 8.93. The first-order chi connectivity index (χ1) is 12.5. The van der Waals surface area contributed by atoms with Crippen LogP contribution in [-0.2, 0) is 22.4 Å². The van der Waals surface area contributed by atoms with Crippen molar-refractivity contribution in [1.82, 2.24) is 0 Å². The van der Waals surface area contributed by atoms with Crippen molar-refractivity contribution in [3.05, 3.63) is 44.8 Å². The van der Waals surface area contributed by atoms with Crippen molar-refractivity contribution in [3.63, 3.8) is 0 Å². The van der Waals surface area contributed by atoms with Gasteiger partial charge in [-0.3, -0.25) is 4.79 Å². The Morgan fingerprint density at radius 1 is 1.42 bits per heavy atom. The molecule has 3 rings (SSSR count). The SMILES string of the molecule is CSc1ccc(Cl)c(C(=O)OCC(=O)Nc2sc3c(c2C#N)CCC3)c1. The summed E-state index contributed by atoms with van der Waals surface area (Å²) in [4.78, 5) is 26.3. The molecule has 1 aliphatic rings. The number of ether oxygens (including phenoxy) is 1. The van der Waals surface area contributed by atoms with E-state index in [9.17, 15) is 14.9 Å². The molecule has 0 radical (unpaired) electrons. The number of hydrogen-bond acceptors (Lipinski definition) is 6. The summed E-state index contributed by atoms with van der Waals surface area (Å²) in [6.45, 7) is -0.438. The second-order valence-corrected chi connectivity index (χ2v) is 8.04. The summed E-state index contributed by atoms with van der Waals surface area (Å²) in [5.41, 5.74) is 1.78. The molecule has 134 valence electrons. The predicted molar refractivity (Wildman–Crippen MR) is 103 cm³/mol. The quantitative estimate of drug-likeness (QED) is 0.592. The Hall–Kier alpha value is -2.01. The lowest BCUT2D eigenvalue weighted by Crippen LogP contribution is -2.21. The molecule has 0 atom stereocenters. The largest absolute Gasteiger partial charge is 0.452 e. The fourth-order valence-corrected chi connectivity index (χ4v) is 4.66. The minimum absolute atomic E-state index is 0.221. The average molecular weight is 407 g/mol. The van der Waals surface area contributed by atoms with Crippen LogP contribution in [0.5, 0.6) is 0 Å².